The lowest BCUT2D eigenvalue weighted by atomic mass is 10.1. The molecule has 3 N–H and O–H groups in total. The van der Waals surface area contributed by atoms with Gasteiger partial charge >= 0.3 is 0 Å². The molecular formula is C17H12Cl2F2N2O3. The number of hydrogen-bond donors (Lipinski definition) is 3. The molecule has 1 amide bonds. The Morgan fingerprint density at radius 1 is 1.23 bits per heavy atom. The average Bonchev–Trinajstić information content (AvgIpc) is 2.63. The number of amides is 1. The van der Waals surface area contributed by atoms with E-state index in [-0.39, 0.29) is 29.5 Å². The molecule has 136 valence electrons. The Hall–Kier alpha value is -2.37. The molecule has 0 heterocycles. The highest BCUT2D eigenvalue weighted by molar-refractivity contribution is 6.33. The number of carbonyl (C=O) groups excluding carboxylic acids is 1. The number of rotatable bonds is 6. The summed E-state index contributed by atoms with van der Waals surface area (Å²) in [5, 5.41) is 10.8. The van der Waals surface area contributed by atoms with Crippen molar-refractivity contribution in [1.29, 1.82) is 0 Å². The second kappa shape index (κ2) is 8.83. The number of hydrogen-bond acceptors (Lipinski definition) is 4. The third-order valence-electron chi connectivity index (χ3n) is 3.16. The van der Waals surface area contributed by atoms with E-state index in [0.29, 0.717) is 5.56 Å². The predicted molar refractivity (Wildman–Crippen MR) is 94.5 cm³/mol. The van der Waals surface area contributed by atoms with E-state index in [1.165, 1.54) is 18.2 Å². The van der Waals surface area contributed by atoms with Gasteiger partial charge in [-0.05, 0) is 24.3 Å². The maximum atomic E-state index is 14.4. The number of terminal acetylenes is 1. The molecule has 0 aliphatic carbocycles. The van der Waals surface area contributed by atoms with Gasteiger partial charge in [0.25, 0.3) is 5.91 Å². The molecule has 0 bridgehead atoms. The van der Waals surface area contributed by atoms with Gasteiger partial charge in [0.2, 0.25) is 0 Å². The second-order valence-corrected chi connectivity index (χ2v) is 5.69. The fraction of sp³-hybridized carbons (Fsp3) is 0.118. The zero-order chi connectivity index (χ0) is 19.3. The van der Waals surface area contributed by atoms with Crippen LogP contribution < -0.4 is 10.8 Å². The first-order valence-corrected chi connectivity index (χ1v) is 7.88. The average molecular weight is 401 g/mol. The van der Waals surface area contributed by atoms with Gasteiger partial charge in [-0.15, -0.1) is 6.42 Å². The van der Waals surface area contributed by atoms with Gasteiger partial charge in [-0.2, -0.15) is 0 Å². The number of aliphatic hydroxyl groups is 1. The van der Waals surface area contributed by atoms with E-state index in [0.717, 1.165) is 6.07 Å². The SMILES string of the molecule is C#Cc1ccc(Nc2c(C(=O)NOCCO)cc(Cl)c(F)c2F)c(Cl)c1. The number of aliphatic hydroxyl groups excluding tert-OH is 1. The Morgan fingerprint density at radius 2 is 1.96 bits per heavy atom. The normalized spacial score (nSPS) is 10.3. The van der Waals surface area contributed by atoms with Crippen LogP contribution in [0.1, 0.15) is 15.9 Å². The highest BCUT2D eigenvalue weighted by Gasteiger charge is 2.23. The van der Waals surface area contributed by atoms with Gasteiger partial charge in [-0.3, -0.25) is 9.63 Å². The minimum Gasteiger partial charge on any atom is -0.394 e. The highest BCUT2D eigenvalue weighted by Crippen LogP contribution is 2.33. The summed E-state index contributed by atoms with van der Waals surface area (Å²) < 4.78 is 28.2. The lowest BCUT2D eigenvalue weighted by Crippen LogP contribution is -2.26. The number of halogens is 4. The molecule has 0 aliphatic heterocycles. The smallest absolute Gasteiger partial charge is 0.277 e. The van der Waals surface area contributed by atoms with E-state index in [4.69, 9.17) is 34.7 Å². The van der Waals surface area contributed by atoms with Crippen molar-refractivity contribution < 1.29 is 23.5 Å². The van der Waals surface area contributed by atoms with E-state index >= 15 is 0 Å². The van der Waals surface area contributed by atoms with Gasteiger partial charge in [0.15, 0.2) is 11.6 Å². The predicted octanol–water partition coefficient (Wildman–Crippen LogP) is 3.65. The Balaban J connectivity index is 2.44. The first-order chi connectivity index (χ1) is 12.4. The number of hydroxylamine groups is 1. The number of benzene rings is 2. The third-order valence-corrected chi connectivity index (χ3v) is 3.75. The summed E-state index contributed by atoms with van der Waals surface area (Å²) in [4.78, 5) is 16.9. The van der Waals surface area contributed by atoms with Crippen LogP contribution in [0.25, 0.3) is 0 Å². The largest absolute Gasteiger partial charge is 0.394 e. The first-order valence-electron chi connectivity index (χ1n) is 7.12. The minimum absolute atomic E-state index is 0.137. The summed E-state index contributed by atoms with van der Waals surface area (Å²) in [5.41, 5.74) is 1.84. The molecule has 0 saturated carbocycles. The van der Waals surface area contributed by atoms with Crippen molar-refractivity contribution in [2.75, 3.05) is 18.5 Å². The lowest BCUT2D eigenvalue weighted by Gasteiger charge is -2.15. The minimum atomic E-state index is -1.37. The standard InChI is InChI=1S/C17H12Cl2F2N2O3/c1-2-9-3-4-13(11(18)7-9)22-16-10(17(25)23-26-6-5-24)8-12(19)14(20)15(16)21/h1,3-4,7-8,22,24H,5-6H2,(H,23,25). The molecule has 2 aromatic carbocycles. The molecule has 0 aromatic heterocycles. The zero-order valence-corrected chi connectivity index (χ0v) is 14.6. The van der Waals surface area contributed by atoms with Crippen molar-refractivity contribution in [3.63, 3.8) is 0 Å². The molecule has 0 atom stereocenters. The molecule has 0 saturated heterocycles. The van der Waals surface area contributed by atoms with E-state index in [2.05, 4.69) is 16.1 Å². The zero-order valence-electron chi connectivity index (χ0n) is 13.1. The molecule has 2 rings (SSSR count). The molecule has 0 fully saturated rings. The molecular weight excluding hydrogens is 389 g/mol. The fourth-order valence-corrected chi connectivity index (χ4v) is 2.37. The Morgan fingerprint density at radius 3 is 2.58 bits per heavy atom. The fourth-order valence-electron chi connectivity index (χ4n) is 1.95. The number of anilines is 2. The summed E-state index contributed by atoms with van der Waals surface area (Å²) >= 11 is 11.7. The Bertz CT molecular complexity index is 885. The summed E-state index contributed by atoms with van der Waals surface area (Å²) in [5.74, 6) is -1.23. The highest BCUT2D eigenvalue weighted by atomic mass is 35.5. The van der Waals surface area contributed by atoms with Crippen LogP contribution in [0.15, 0.2) is 24.3 Å². The van der Waals surface area contributed by atoms with Crippen LogP contribution in [0.4, 0.5) is 20.2 Å². The van der Waals surface area contributed by atoms with Gasteiger partial charge in [0.05, 0.1) is 40.2 Å². The van der Waals surface area contributed by atoms with Gasteiger partial charge < -0.3 is 10.4 Å². The summed E-state index contributed by atoms with van der Waals surface area (Å²) in [7, 11) is 0. The molecule has 9 heteroatoms. The molecule has 2 aromatic rings. The van der Waals surface area contributed by atoms with Crippen LogP contribution in [0.3, 0.4) is 0 Å². The third kappa shape index (κ3) is 4.42. The van der Waals surface area contributed by atoms with E-state index in [1.54, 1.807) is 0 Å². The molecule has 0 unspecified atom stereocenters. The van der Waals surface area contributed by atoms with Crippen molar-refractivity contribution in [1.82, 2.24) is 5.48 Å². The summed E-state index contributed by atoms with van der Waals surface area (Å²) in [6.45, 7) is -0.535. The maximum absolute atomic E-state index is 14.4. The molecule has 0 radical (unpaired) electrons. The van der Waals surface area contributed by atoms with Gasteiger partial charge in [-0.25, -0.2) is 14.3 Å². The number of carbonyl (C=O) groups is 1. The Labute approximate surface area is 157 Å². The van der Waals surface area contributed by atoms with Crippen LogP contribution in [-0.2, 0) is 4.84 Å². The second-order valence-electron chi connectivity index (χ2n) is 4.88. The van der Waals surface area contributed by atoms with E-state index in [9.17, 15) is 13.6 Å². The topological polar surface area (TPSA) is 70.6 Å². The monoisotopic (exact) mass is 400 g/mol. The van der Waals surface area contributed by atoms with Crippen molar-refractivity contribution in [2.24, 2.45) is 0 Å². The van der Waals surface area contributed by atoms with Gasteiger partial charge in [0.1, 0.15) is 0 Å². The van der Waals surface area contributed by atoms with Crippen molar-refractivity contribution in [3.05, 3.63) is 57.1 Å². The molecule has 0 aliphatic rings. The van der Waals surface area contributed by atoms with Gasteiger partial charge in [-0.1, -0.05) is 29.1 Å². The molecule has 5 nitrogen and oxygen atoms in total. The quantitative estimate of drug-likeness (QED) is 0.299. The van der Waals surface area contributed by atoms with Crippen LogP contribution in [-0.4, -0.2) is 24.2 Å². The maximum Gasteiger partial charge on any atom is 0.277 e. The van der Waals surface area contributed by atoms with Crippen molar-refractivity contribution in [3.8, 4) is 12.3 Å². The van der Waals surface area contributed by atoms with Crippen molar-refractivity contribution >= 4 is 40.5 Å². The van der Waals surface area contributed by atoms with Crippen LogP contribution in [0, 0.1) is 24.0 Å². The first kappa shape index (κ1) is 19.9. The van der Waals surface area contributed by atoms with Crippen LogP contribution in [0.5, 0.6) is 0 Å². The van der Waals surface area contributed by atoms with Crippen LogP contribution in [0.2, 0.25) is 10.0 Å². The number of nitrogens with one attached hydrogen (secondary N) is 2. The summed E-state index contributed by atoms with van der Waals surface area (Å²) in [6, 6.07) is 5.36. The lowest BCUT2D eigenvalue weighted by molar-refractivity contribution is 0.0168. The van der Waals surface area contributed by atoms with E-state index in [1.807, 2.05) is 5.48 Å². The van der Waals surface area contributed by atoms with Gasteiger partial charge in [0, 0.05) is 5.56 Å². The van der Waals surface area contributed by atoms with Crippen molar-refractivity contribution in [2.45, 2.75) is 0 Å². The summed E-state index contributed by atoms with van der Waals surface area (Å²) in [6.07, 6.45) is 5.27. The molecule has 0 spiro atoms. The Kier molecular flexibility index (Phi) is 6.77. The van der Waals surface area contributed by atoms with Crippen LogP contribution >= 0.6 is 23.2 Å². The van der Waals surface area contributed by atoms with E-state index < -0.39 is 28.3 Å². The molecule has 26 heavy (non-hydrogen) atoms.